The number of halogens is 1. The number of carbonyl (C=O) groups is 1. The number of quaternary nitrogens is 1. The summed E-state index contributed by atoms with van der Waals surface area (Å²) < 4.78 is 0.460. The molecule has 0 unspecified atom stereocenters. The molecule has 2 nitrogen and oxygen atoms in total. The number of amides is 1. The van der Waals surface area contributed by atoms with E-state index in [-0.39, 0.29) is 12.4 Å². The molecule has 1 rings (SSSR count). The third-order valence-corrected chi connectivity index (χ3v) is 5.09. The molecule has 0 saturated heterocycles. The third-order valence-electron chi connectivity index (χ3n) is 5.09. The summed E-state index contributed by atoms with van der Waals surface area (Å²) in [7, 11) is 4.07. The van der Waals surface area contributed by atoms with Crippen molar-refractivity contribution in [3.8, 4) is 0 Å². The molecule has 1 aromatic carbocycles. The van der Waals surface area contributed by atoms with Crippen LogP contribution in [0, 0.1) is 0 Å². The van der Waals surface area contributed by atoms with Gasteiger partial charge in [-0.3, -0.25) is 4.48 Å². The Morgan fingerprint density at radius 1 is 0.769 bits per heavy atom. The van der Waals surface area contributed by atoms with Crippen molar-refractivity contribution in [1.82, 2.24) is 0 Å². The molecule has 0 spiro atoms. The first-order valence-corrected chi connectivity index (χ1v) is 10.5. The van der Waals surface area contributed by atoms with E-state index in [1.807, 2.05) is 32.3 Å². The fourth-order valence-corrected chi connectivity index (χ4v) is 3.37. The van der Waals surface area contributed by atoms with E-state index < -0.39 is 0 Å². The lowest BCUT2D eigenvalue weighted by Gasteiger charge is -2.27. The average molecular weight is 382 g/mol. The van der Waals surface area contributed by atoms with Gasteiger partial charge in [0.25, 0.3) is 0 Å². The van der Waals surface area contributed by atoms with Crippen LogP contribution < -0.4 is 12.4 Å². The van der Waals surface area contributed by atoms with Gasteiger partial charge in [0.1, 0.15) is 6.54 Å². The molecule has 0 aliphatic carbocycles. The molecule has 1 aromatic rings. The van der Waals surface area contributed by atoms with Crippen molar-refractivity contribution in [3.63, 3.8) is 0 Å². The van der Waals surface area contributed by atoms with Crippen LogP contribution in [0.3, 0.4) is 0 Å². The van der Waals surface area contributed by atoms with Crippen molar-refractivity contribution in [3.05, 3.63) is 35.9 Å². The lowest BCUT2D eigenvalue weighted by Crippen LogP contribution is -3.00. The zero-order valence-electron chi connectivity index (χ0n) is 17.3. The fourth-order valence-electron chi connectivity index (χ4n) is 3.37. The molecule has 3 heteroatoms. The van der Waals surface area contributed by atoms with Crippen molar-refractivity contribution >= 4 is 5.91 Å². The minimum absolute atomic E-state index is 0. The van der Waals surface area contributed by atoms with Crippen molar-refractivity contribution < 1.29 is 21.7 Å². The number of rotatable bonds is 14. The summed E-state index contributed by atoms with van der Waals surface area (Å²) in [6, 6.07) is 10.3. The van der Waals surface area contributed by atoms with Gasteiger partial charge in [0.05, 0.1) is 20.5 Å². The second-order valence-electron chi connectivity index (χ2n) is 8.01. The predicted molar refractivity (Wildman–Crippen MR) is 108 cm³/mol. The summed E-state index contributed by atoms with van der Waals surface area (Å²) >= 11 is 0. The molecule has 0 fully saturated rings. The van der Waals surface area contributed by atoms with E-state index in [1.54, 1.807) is 0 Å². The number of hydrogen-bond acceptors (Lipinski definition) is 1. The van der Waals surface area contributed by atoms with Gasteiger partial charge >= 0.3 is 5.91 Å². The molecule has 1 amide bonds. The van der Waals surface area contributed by atoms with Crippen LogP contribution in [-0.4, -0.2) is 24.5 Å². The van der Waals surface area contributed by atoms with E-state index in [0.29, 0.717) is 10.4 Å². The van der Waals surface area contributed by atoms with Gasteiger partial charge in [0.2, 0.25) is 0 Å². The maximum atomic E-state index is 12.5. The second-order valence-corrected chi connectivity index (χ2v) is 8.01. The first-order chi connectivity index (χ1) is 12.1. The number of carbonyl (C=O) groups excluding carboxylic acids is 1. The van der Waals surface area contributed by atoms with Crippen LogP contribution in [0.1, 0.15) is 89.5 Å². The van der Waals surface area contributed by atoms with E-state index >= 15 is 0 Å². The highest BCUT2D eigenvalue weighted by molar-refractivity contribution is 5.68. The lowest BCUT2D eigenvalue weighted by molar-refractivity contribution is -0.828. The van der Waals surface area contributed by atoms with Gasteiger partial charge in [-0.2, -0.15) is 0 Å². The smallest absolute Gasteiger partial charge is 0.313 e. The minimum atomic E-state index is 0. The van der Waals surface area contributed by atoms with Gasteiger partial charge in [0, 0.05) is 5.56 Å². The fraction of sp³-hybridized carbons (Fsp3) is 0.696. The Labute approximate surface area is 168 Å². The lowest BCUT2D eigenvalue weighted by atomic mass is 10.0. The maximum Gasteiger partial charge on any atom is 0.313 e. The molecule has 150 valence electrons. The Morgan fingerprint density at radius 2 is 1.23 bits per heavy atom. The Morgan fingerprint density at radius 3 is 1.73 bits per heavy atom. The van der Waals surface area contributed by atoms with Crippen LogP contribution in [0.25, 0.3) is 0 Å². The quantitative estimate of drug-likeness (QED) is 0.356. The summed E-state index contributed by atoms with van der Waals surface area (Å²) in [5.74, 6) is 0.361. The van der Waals surface area contributed by atoms with Gasteiger partial charge in [-0.1, -0.05) is 101 Å². The molecule has 0 radical (unpaired) electrons. The first-order valence-electron chi connectivity index (χ1n) is 10.5. The zero-order chi connectivity index (χ0) is 18.4. The molecule has 0 aliphatic heterocycles. The van der Waals surface area contributed by atoms with Gasteiger partial charge in [-0.05, 0) is 6.42 Å². The van der Waals surface area contributed by atoms with Gasteiger partial charge in [-0.25, -0.2) is 4.79 Å². The molecule has 0 aromatic heterocycles. The van der Waals surface area contributed by atoms with Crippen LogP contribution in [0.4, 0.5) is 0 Å². The number of benzene rings is 1. The molecule has 0 bridgehead atoms. The number of hydrogen-bond donors (Lipinski definition) is 0. The summed E-state index contributed by atoms with van der Waals surface area (Å²) in [5.41, 5.74) is 1.24. The van der Waals surface area contributed by atoms with Crippen molar-refractivity contribution in [2.24, 2.45) is 0 Å². The molecule has 0 aliphatic rings. The highest BCUT2D eigenvalue weighted by Gasteiger charge is 2.25. The minimum Gasteiger partial charge on any atom is -1.00 e. The molecular formula is C23H40ClNO. The number of unbranched alkanes of at least 4 members (excludes halogenated alkanes) is 10. The van der Waals surface area contributed by atoms with Crippen LogP contribution in [0.5, 0.6) is 0 Å². The van der Waals surface area contributed by atoms with Crippen LogP contribution >= 0.6 is 0 Å². The Bertz CT molecular complexity index is 459. The molecule has 0 N–H and O–H groups in total. The van der Waals surface area contributed by atoms with Crippen molar-refractivity contribution in [1.29, 1.82) is 0 Å². The summed E-state index contributed by atoms with van der Waals surface area (Å²) in [4.78, 5) is 12.5. The standard InChI is InChI=1S/C23H40NO.ClH/c1-4-5-6-7-8-9-10-11-12-13-17-20-23(25)24(2,3)21-22-18-15-14-16-19-22;/h14-16,18-19H,4-13,17,20-21H2,1-3H3;1H/q+1;/p-1. The predicted octanol–water partition coefficient (Wildman–Crippen LogP) is 3.49. The monoisotopic (exact) mass is 381 g/mol. The van der Waals surface area contributed by atoms with E-state index in [2.05, 4.69) is 19.1 Å². The van der Waals surface area contributed by atoms with Gasteiger partial charge in [0.15, 0.2) is 0 Å². The van der Waals surface area contributed by atoms with E-state index in [1.165, 1.54) is 69.8 Å². The van der Waals surface area contributed by atoms with Crippen LogP contribution in [-0.2, 0) is 11.3 Å². The zero-order valence-corrected chi connectivity index (χ0v) is 18.1. The van der Waals surface area contributed by atoms with E-state index in [9.17, 15) is 4.79 Å². The highest BCUT2D eigenvalue weighted by Crippen LogP contribution is 2.15. The second kappa shape index (κ2) is 15.2. The maximum absolute atomic E-state index is 12.5. The summed E-state index contributed by atoms with van der Waals surface area (Å²) in [6.07, 6.45) is 15.3. The summed E-state index contributed by atoms with van der Waals surface area (Å²) in [5, 5.41) is 0. The van der Waals surface area contributed by atoms with E-state index in [4.69, 9.17) is 0 Å². The largest absolute Gasteiger partial charge is 1.00 e. The van der Waals surface area contributed by atoms with E-state index in [0.717, 1.165) is 19.4 Å². The van der Waals surface area contributed by atoms with Gasteiger partial charge in [-0.15, -0.1) is 0 Å². The average Bonchev–Trinajstić information content (AvgIpc) is 2.60. The van der Waals surface area contributed by atoms with Gasteiger partial charge < -0.3 is 12.4 Å². The third kappa shape index (κ3) is 11.7. The Hall–Kier alpha value is -0.860. The summed E-state index contributed by atoms with van der Waals surface area (Å²) in [6.45, 7) is 3.06. The van der Waals surface area contributed by atoms with Crippen LogP contribution in [0.2, 0.25) is 0 Å². The molecular weight excluding hydrogens is 342 g/mol. The first kappa shape index (κ1) is 25.1. The molecule has 0 saturated carbocycles. The SMILES string of the molecule is CCCCCCCCCCCCCC(=O)[N+](C)(C)Cc1ccccc1.[Cl-]. The van der Waals surface area contributed by atoms with Crippen molar-refractivity contribution in [2.45, 2.75) is 90.5 Å². The Kier molecular flexibility index (Phi) is 14.7. The highest BCUT2D eigenvalue weighted by atomic mass is 35.5. The normalized spacial score (nSPS) is 11.2. The van der Waals surface area contributed by atoms with Crippen molar-refractivity contribution in [2.75, 3.05) is 14.1 Å². The molecule has 0 atom stereocenters. The Balaban J connectivity index is 0.00000625. The van der Waals surface area contributed by atoms with Crippen LogP contribution in [0.15, 0.2) is 30.3 Å². The topological polar surface area (TPSA) is 17.1 Å². The number of nitrogens with zero attached hydrogens (tertiary/aromatic N) is 1. The molecule has 26 heavy (non-hydrogen) atoms. The molecule has 0 heterocycles.